The fourth-order valence-electron chi connectivity index (χ4n) is 13.1. The van der Waals surface area contributed by atoms with Crippen LogP contribution in [0.1, 0.15) is 97.8 Å². The quantitative estimate of drug-likeness (QED) is 0.162. The van der Waals surface area contributed by atoms with E-state index in [4.69, 9.17) is 0 Å². The van der Waals surface area contributed by atoms with Gasteiger partial charge in [-0.15, -0.1) is 0 Å². The van der Waals surface area contributed by atoms with Crippen LogP contribution in [0.15, 0.2) is 146 Å². The lowest BCUT2D eigenvalue weighted by molar-refractivity contribution is 0.196. The molecule has 0 spiro atoms. The molecule has 2 atom stereocenters. The smallest absolute Gasteiger partial charge is 0.333 e. The fourth-order valence-corrected chi connectivity index (χ4v) is 13.1. The summed E-state index contributed by atoms with van der Waals surface area (Å²) in [6.45, 7) is 19.6. The molecule has 1 saturated carbocycles. The van der Waals surface area contributed by atoms with E-state index in [2.05, 4.69) is 215 Å². The maximum Gasteiger partial charge on any atom is 0.333 e. The molecule has 0 bridgehead atoms. The molecular formula is C60H56BN3. The molecule has 1 fully saturated rings. The first-order chi connectivity index (χ1) is 30.8. The molecule has 64 heavy (non-hydrogen) atoms. The summed E-state index contributed by atoms with van der Waals surface area (Å²) in [5.74, 6) is 0. The molecule has 0 radical (unpaired) electrons. The van der Waals surface area contributed by atoms with Gasteiger partial charge in [0.2, 0.25) is 0 Å². The summed E-state index contributed by atoms with van der Waals surface area (Å²) < 4.78 is 5.46. The number of nitrogens with zero attached hydrogens (tertiary/aromatic N) is 3. The van der Waals surface area contributed by atoms with Gasteiger partial charge in [-0.1, -0.05) is 171 Å². The third-order valence-electron chi connectivity index (χ3n) is 16.5. The van der Waals surface area contributed by atoms with E-state index < -0.39 is 0 Å². The lowest BCUT2D eigenvalue weighted by Crippen LogP contribution is -2.62. The van der Waals surface area contributed by atoms with E-state index >= 15 is 0 Å². The van der Waals surface area contributed by atoms with Crippen molar-refractivity contribution in [2.45, 2.75) is 103 Å². The number of fused-ring (bicyclic) bond motifs is 11. The topological polar surface area (TPSA) is 13.1 Å². The number of anilines is 2. The minimum absolute atomic E-state index is 0.0530. The van der Waals surface area contributed by atoms with E-state index in [1.807, 2.05) is 0 Å². The van der Waals surface area contributed by atoms with Crippen molar-refractivity contribution in [2.24, 2.45) is 0 Å². The molecule has 2 aromatic heterocycles. The fraction of sp³-hybridized carbons (Fsp3) is 0.267. The zero-order valence-corrected chi connectivity index (χ0v) is 38.6. The lowest BCUT2D eigenvalue weighted by atomic mass is 9.44. The first-order valence-corrected chi connectivity index (χ1v) is 23.8. The van der Waals surface area contributed by atoms with Crippen molar-refractivity contribution in [2.75, 3.05) is 4.90 Å². The Kier molecular flexibility index (Phi) is 7.60. The molecule has 0 saturated heterocycles. The summed E-state index contributed by atoms with van der Waals surface area (Å²) in [4.78, 5) is 2.94. The van der Waals surface area contributed by atoms with E-state index in [1.165, 1.54) is 124 Å². The Morgan fingerprint density at radius 3 is 1.88 bits per heavy atom. The van der Waals surface area contributed by atoms with Crippen LogP contribution in [0.3, 0.4) is 0 Å². The van der Waals surface area contributed by atoms with Crippen molar-refractivity contribution in [3.63, 3.8) is 0 Å². The van der Waals surface area contributed by atoms with Crippen LogP contribution in [0, 0.1) is 0 Å². The van der Waals surface area contributed by atoms with E-state index in [1.54, 1.807) is 0 Å². The molecule has 5 heterocycles. The summed E-state index contributed by atoms with van der Waals surface area (Å²) in [5, 5.41) is 4.03. The number of rotatable bonds is 3. The van der Waals surface area contributed by atoms with Gasteiger partial charge in [-0.3, -0.25) is 0 Å². The second-order valence-corrected chi connectivity index (χ2v) is 22.0. The van der Waals surface area contributed by atoms with Gasteiger partial charge in [0.05, 0.1) is 16.6 Å². The number of hydrogen-bond donors (Lipinski definition) is 0. The van der Waals surface area contributed by atoms with Crippen molar-refractivity contribution in [1.29, 1.82) is 0 Å². The Labute approximate surface area is 378 Å². The van der Waals surface area contributed by atoms with Gasteiger partial charge in [-0.2, -0.15) is 0 Å². The molecule has 9 aromatic rings. The molecule has 7 aromatic carbocycles. The van der Waals surface area contributed by atoms with Crippen LogP contribution in [0.4, 0.5) is 11.4 Å². The molecule has 13 rings (SSSR count). The van der Waals surface area contributed by atoms with E-state index in [9.17, 15) is 0 Å². The summed E-state index contributed by atoms with van der Waals surface area (Å²) in [6.07, 6.45) is 4.77. The van der Waals surface area contributed by atoms with Crippen molar-refractivity contribution >= 4 is 61.9 Å². The molecule has 4 aliphatic rings. The minimum Gasteiger partial charge on any atom is -0.375 e. The first kappa shape index (κ1) is 38.2. The molecule has 3 nitrogen and oxygen atoms in total. The highest BCUT2D eigenvalue weighted by atomic mass is 15.3. The highest BCUT2D eigenvalue weighted by Crippen LogP contribution is 2.64. The largest absolute Gasteiger partial charge is 0.375 e. The van der Waals surface area contributed by atoms with Gasteiger partial charge in [-0.05, 0) is 106 Å². The minimum atomic E-state index is -0.138. The average Bonchev–Trinajstić information content (AvgIpc) is 3.88. The monoisotopic (exact) mass is 829 g/mol. The second kappa shape index (κ2) is 12.7. The molecule has 0 N–H and O–H groups in total. The Bertz CT molecular complexity index is 3430. The zero-order valence-electron chi connectivity index (χ0n) is 38.6. The maximum absolute atomic E-state index is 2.94. The molecule has 3 aliphatic heterocycles. The van der Waals surface area contributed by atoms with Crippen LogP contribution < -0.4 is 15.8 Å². The van der Waals surface area contributed by atoms with Crippen molar-refractivity contribution < 1.29 is 0 Å². The Hall–Kier alpha value is -6.26. The Balaban J connectivity index is 1.29. The SMILES string of the molecule is CC(C)(C)c1cc2c3c(c1)N1c4c(cc5c6ccccc6n(-c6ccccc6)c5c4C4(C)CCCCC14C)B3n1c(-c3ccccc3)c(-c3ccccc3)c3cc(C(C)(C)C)cc-2c31. The molecule has 4 heteroatoms. The summed E-state index contributed by atoms with van der Waals surface area (Å²) in [6, 6.07) is 56.0. The van der Waals surface area contributed by atoms with Crippen molar-refractivity contribution in [3.8, 4) is 39.2 Å². The standard InChI is InChI=1S/C60H56BN3/c1-57(2,3)39-33-44-43-32-40(58(4,5)6)35-49-52(43)61(64-53(38-24-14-10-15-25-38)50(46(34-39)54(44)64)37-22-12-9-13-23-37)47-36-45-42-28-18-19-29-48(42)62(41-26-16-11-17-27-41)55(45)51-56(47)63(49)60(8)31-21-20-30-59(51,60)7/h9-19,22-29,32-36H,20-21,30-31H2,1-8H3. The van der Waals surface area contributed by atoms with Crippen molar-refractivity contribution in [1.82, 2.24) is 9.05 Å². The maximum atomic E-state index is 2.94. The normalized spacial score (nSPS) is 19.7. The zero-order chi connectivity index (χ0) is 43.7. The van der Waals surface area contributed by atoms with E-state index in [0.717, 1.165) is 12.8 Å². The highest BCUT2D eigenvalue weighted by Gasteiger charge is 2.62. The molecule has 1 aliphatic carbocycles. The van der Waals surface area contributed by atoms with Crippen LogP contribution >= 0.6 is 0 Å². The van der Waals surface area contributed by atoms with E-state index in [0.29, 0.717) is 0 Å². The Morgan fingerprint density at radius 2 is 1.17 bits per heavy atom. The Morgan fingerprint density at radius 1 is 0.562 bits per heavy atom. The highest BCUT2D eigenvalue weighted by molar-refractivity contribution is 6.90. The molecular weight excluding hydrogens is 773 g/mol. The van der Waals surface area contributed by atoms with Crippen LogP contribution in [0.5, 0.6) is 0 Å². The third kappa shape index (κ3) is 4.79. The van der Waals surface area contributed by atoms with E-state index in [-0.39, 0.29) is 28.6 Å². The summed E-state index contributed by atoms with van der Waals surface area (Å²) >= 11 is 0. The van der Waals surface area contributed by atoms with Crippen LogP contribution in [0.25, 0.3) is 71.9 Å². The van der Waals surface area contributed by atoms with Gasteiger partial charge in [0.15, 0.2) is 0 Å². The first-order valence-electron chi connectivity index (χ1n) is 23.8. The van der Waals surface area contributed by atoms with Gasteiger partial charge >= 0.3 is 6.85 Å². The number of hydrogen-bond acceptors (Lipinski definition) is 1. The molecule has 314 valence electrons. The average molecular weight is 830 g/mol. The van der Waals surface area contributed by atoms with Gasteiger partial charge in [-0.25, -0.2) is 0 Å². The van der Waals surface area contributed by atoms with Crippen LogP contribution in [0.2, 0.25) is 0 Å². The number of benzene rings is 7. The predicted molar refractivity (Wildman–Crippen MR) is 273 cm³/mol. The van der Waals surface area contributed by atoms with Crippen LogP contribution in [-0.2, 0) is 16.2 Å². The van der Waals surface area contributed by atoms with Crippen LogP contribution in [-0.4, -0.2) is 21.4 Å². The molecule has 2 unspecified atom stereocenters. The number of aromatic nitrogens is 2. The predicted octanol–water partition coefficient (Wildman–Crippen LogP) is 14.4. The van der Waals surface area contributed by atoms with Gasteiger partial charge in [0, 0.05) is 66.5 Å². The molecule has 0 amide bonds. The number of para-hydroxylation sites is 2. The summed E-state index contributed by atoms with van der Waals surface area (Å²) in [7, 11) is 0. The van der Waals surface area contributed by atoms with Gasteiger partial charge < -0.3 is 13.9 Å². The third-order valence-corrected chi connectivity index (χ3v) is 16.5. The van der Waals surface area contributed by atoms with Gasteiger partial charge in [0.25, 0.3) is 0 Å². The summed E-state index contributed by atoms with van der Waals surface area (Å²) in [5.41, 5.74) is 22.9. The lowest BCUT2D eigenvalue weighted by Gasteiger charge is -2.52. The second-order valence-electron chi connectivity index (χ2n) is 22.0. The van der Waals surface area contributed by atoms with Gasteiger partial charge in [0.1, 0.15) is 0 Å². The van der Waals surface area contributed by atoms with Crippen molar-refractivity contribution in [3.05, 3.63) is 162 Å².